The molecule has 2 aromatic heterocycles. The van der Waals surface area contributed by atoms with Crippen molar-refractivity contribution in [1.29, 1.82) is 0 Å². The van der Waals surface area contributed by atoms with E-state index in [1.54, 1.807) is 10.9 Å². The van der Waals surface area contributed by atoms with E-state index in [1.807, 2.05) is 33.0 Å². The smallest absolute Gasteiger partial charge is 0.312 e. The van der Waals surface area contributed by atoms with E-state index in [-0.39, 0.29) is 18.0 Å². The third kappa shape index (κ3) is 5.08. The Balaban J connectivity index is 1.57. The Bertz CT molecular complexity index is 1540. The molecule has 1 aliphatic heterocycles. The van der Waals surface area contributed by atoms with Crippen LogP contribution in [0, 0.1) is 19.3 Å². The number of carbonyl (C=O) groups excluding carboxylic acids is 1. The second kappa shape index (κ2) is 11.0. The maximum atomic E-state index is 13.2. The summed E-state index contributed by atoms with van der Waals surface area (Å²) >= 11 is 0. The number of ether oxygens (including phenoxy) is 2. The number of methoxy groups -OCH3 is 1. The molecular weight excluding hydrogens is 502 g/mol. The number of hydrogen-bond acceptors (Lipinski definition) is 7. The van der Waals surface area contributed by atoms with E-state index < -0.39 is 5.41 Å². The molecule has 0 spiro atoms. The van der Waals surface area contributed by atoms with Gasteiger partial charge in [0.1, 0.15) is 11.6 Å². The van der Waals surface area contributed by atoms with Crippen LogP contribution in [-0.2, 0) is 29.7 Å². The first-order valence-electron chi connectivity index (χ1n) is 13.9. The van der Waals surface area contributed by atoms with Crippen LogP contribution in [0.3, 0.4) is 0 Å². The Morgan fingerprint density at radius 3 is 2.75 bits per heavy atom. The van der Waals surface area contributed by atoms with Crippen LogP contribution in [0.25, 0.3) is 11.0 Å². The SMILES string of the molecule is CCC1CN(Cc2cc(C(c3ccc4c(nnn4C)c3C)C(C)(C)C(=O)OC)ccc2C)Cc2cccnc2O1. The highest BCUT2D eigenvalue weighted by Gasteiger charge is 2.41. The number of nitrogens with zero attached hydrogens (tertiary/aromatic N) is 5. The van der Waals surface area contributed by atoms with Crippen molar-refractivity contribution in [1.82, 2.24) is 24.9 Å². The first-order valence-corrected chi connectivity index (χ1v) is 13.9. The van der Waals surface area contributed by atoms with Gasteiger partial charge in [-0.3, -0.25) is 9.69 Å². The zero-order valence-electron chi connectivity index (χ0n) is 24.6. The van der Waals surface area contributed by atoms with Crippen LogP contribution in [0.4, 0.5) is 0 Å². The Kier molecular flexibility index (Phi) is 7.64. The van der Waals surface area contributed by atoms with Gasteiger partial charge in [-0.05, 0) is 74.1 Å². The van der Waals surface area contributed by atoms with E-state index in [4.69, 9.17) is 9.47 Å². The summed E-state index contributed by atoms with van der Waals surface area (Å²) in [7, 11) is 3.35. The fourth-order valence-electron chi connectivity index (χ4n) is 5.98. The van der Waals surface area contributed by atoms with Crippen molar-refractivity contribution in [2.24, 2.45) is 12.5 Å². The minimum Gasteiger partial charge on any atom is -0.473 e. The van der Waals surface area contributed by atoms with Gasteiger partial charge >= 0.3 is 5.97 Å². The number of pyridine rings is 1. The van der Waals surface area contributed by atoms with Crippen molar-refractivity contribution in [3.63, 3.8) is 0 Å². The Labute approximate surface area is 236 Å². The predicted molar refractivity (Wildman–Crippen MR) is 155 cm³/mol. The molecule has 5 rings (SSSR count). The van der Waals surface area contributed by atoms with Gasteiger partial charge in [-0.2, -0.15) is 0 Å². The van der Waals surface area contributed by atoms with Crippen molar-refractivity contribution in [3.8, 4) is 5.88 Å². The lowest BCUT2D eigenvalue weighted by Crippen LogP contribution is -2.34. The topological polar surface area (TPSA) is 82.4 Å². The van der Waals surface area contributed by atoms with Crippen LogP contribution in [0.1, 0.15) is 66.5 Å². The highest BCUT2D eigenvalue weighted by Crippen LogP contribution is 2.44. The highest BCUT2D eigenvalue weighted by molar-refractivity contribution is 5.82. The number of carbonyl (C=O) groups is 1. The molecule has 0 radical (unpaired) electrons. The van der Waals surface area contributed by atoms with Gasteiger partial charge in [-0.15, -0.1) is 5.10 Å². The molecule has 4 aromatic rings. The second-order valence-corrected chi connectivity index (χ2v) is 11.5. The standard InChI is InChI=1S/C32H39N5O3/c1-8-25-19-37(17-23-10-9-15-33-30(23)40-25)18-24-16-22(12-11-20(24)2)28(32(4,5)31(38)39-7)26-13-14-27-29(21(26)3)34-35-36(27)6/h9-16,25,28H,8,17-19H2,1-7H3. The van der Waals surface area contributed by atoms with Crippen LogP contribution in [0.2, 0.25) is 0 Å². The number of aryl methyl sites for hydroxylation is 3. The Morgan fingerprint density at radius 2 is 2.00 bits per heavy atom. The van der Waals surface area contributed by atoms with Crippen molar-refractivity contribution >= 4 is 17.0 Å². The molecule has 1 aliphatic rings. The lowest BCUT2D eigenvalue weighted by molar-refractivity contribution is -0.151. The van der Waals surface area contributed by atoms with Crippen LogP contribution in [0.15, 0.2) is 48.7 Å². The van der Waals surface area contributed by atoms with Gasteiger partial charge in [-0.25, -0.2) is 9.67 Å². The van der Waals surface area contributed by atoms with E-state index in [9.17, 15) is 4.79 Å². The van der Waals surface area contributed by atoms with Gasteiger partial charge in [0.15, 0.2) is 0 Å². The van der Waals surface area contributed by atoms with Crippen molar-refractivity contribution in [3.05, 3.63) is 82.0 Å². The third-order valence-electron chi connectivity index (χ3n) is 8.36. The Morgan fingerprint density at radius 1 is 1.20 bits per heavy atom. The Hall–Kier alpha value is -3.78. The van der Waals surface area contributed by atoms with Crippen molar-refractivity contribution in [2.75, 3.05) is 13.7 Å². The zero-order chi connectivity index (χ0) is 28.6. The fraction of sp³-hybridized carbons (Fsp3) is 0.438. The zero-order valence-corrected chi connectivity index (χ0v) is 24.6. The van der Waals surface area contributed by atoms with Crippen LogP contribution in [0.5, 0.6) is 5.88 Å². The number of rotatable bonds is 7. The maximum Gasteiger partial charge on any atom is 0.312 e. The lowest BCUT2D eigenvalue weighted by Gasteiger charge is -2.34. The summed E-state index contributed by atoms with van der Waals surface area (Å²) in [6.07, 6.45) is 2.77. The van der Waals surface area contributed by atoms with Crippen molar-refractivity contribution < 1.29 is 14.3 Å². The van der Waals surface area contributed by atoms with Gasteiger partial charge in [0.25, 0.3) is 0 Å². The number of esters is 1. The van der Waals surface area contributed by atoms with Gasteiger partial charge < -0.3 is 9.47 Å². The lowest BCUT2D eigenvalue weighted by atomic mass is 9.69. The molecule has 8 heteroatoms. The van der Waals surface area contributed by atoms with E-state index in [0.29, 0.717) is 0 Å². The summed E-state index contributed by atoms with van der Waals surface area (Å²) in [5.41, 5.74) is 7.67. The molecule has 2 atom stereocenters. The molecule has 0 aliphatic carbocycles. The minimum absolute atomic E-state index is 0.0759. The van der Waals surface area contributed by atoms with Gasteiger partial charge in [-0.1, -0.05) is 42.5 Å². The second-order valence-electron chi connectivity index (χ2n) is 11.5. The average Bonchev–Trinajstić information content (AvgIpc) is 3.22. The number of hydrogen-bond donors (Lipinski definition) is 0. The van der Waals surface area contributed by atoms with Crippen LogP contribution in [-0.4, -0.2) is 50.6 Å². The summed E-state index contributed by atoms with van der Waals surface area (Å²) in [5.74, 6) is 0.237. The summed E-state index contributed by atoms with van der Waals surface area (Å²) in [6, 6.07) is 14.8. The molecule has 0 bridgehead atoms. The maximum absolute atomic E-state index is 13.2. The summed E-state index contributed by atoms with van der Waals surface area (Å²) < 4.78 is 13.3. The molecule has 2 aromatic carbocycles. The summed E-state index contributed by atoms with van der Waals surface area (Å²) in [4.78, 5) is 20.1. The quantitative estimate of drug-likeness (QED) is 0.286. The van der Waals surface area contributed by atoms with Gasteiger partial charge in [0, 0.05) is 44.4 Å². The fourth-order valence-corrected chi connectivity index (χ4v) is 5.98. The number of benzene rings is 2. The average molecular weight is 542 g/mol. The van der Waals surface area contributed by atoms with Crippen molar-refractivity contribution in [2.45, 2.75) is 66.2 Å². The third-order valence-corrected chi connectivity index (χ3v) is 8.36. The molecule has 0 amide bonds. The van der Waals surface area contributed by atoms with E-state index >= 15 is 0 Å². The van der Waals surface area contributed by atoms with E-state index in [1.165, 1.54) is 18.2 Å². The van der Waals surface area contributed by atoms with E-state index in [0.717, 1.165) is 65.2 Å². The molecule has 3 heterocycles. The molecule has 0 N–H and O–H groups in total. The van der Waals surface area contributed by atoms with Crippen LogP contribution >= 0.6 is 0 Å². The van der Waals surface area contributed by atoms with E-state index in [2.05, 4.69) is 71.3 Å². The first kappa shape index (κ1) is 27.8. The molecule has 8 nitrogen and oxygen atoms in total. The highest BCUT2D eigenvalue weighted by atomic mass is 16.5. The van der Waals surface area contributed by atoms with Gasteiger partial charge in [0.05, 0.1) is 18.0 Å². The van der Waals surface area contributed by atoms with Crippen LogP contribution < -0.4 is 4.74 Å². The number of fused-ring (bicyclic) bond motifs is 2. The molecular formula is C32H39N5O3. The molecule has 210 valence electrons. The largest absolute Gasteiger partial charge is 0.473 e. The normalized spacial score (nSPS) is 16.7. The minimum atomic E-state index is -0.823. The molecule has 40 heavy (non-hydrogen) atoms. The number of aromatic nitrogens is 4. The predicted octanol–water partition coefficient (Wildman–Crippen LogP) is 5.48. The molecule has 2 unspecified atom stereocenters. The molecule has 0 saturated heterocycles. The monoisotopic (exact) mass is 541 g/mol. The summed E-state index contributed by atoms with van der Waals surface area (Å²) in [6.45, 7) is 12.6. The first-order chi connectivity index (χ1) is 19.1. The van der Waals surface area contributed by atoms with Gasteiger partial charge in [0.2, 0.25) is 5.88 Å². The molecule has 0 fully saturated rings. The summed E-state index contributed by atoms with van der Waals surface area (Å²) in [5, 5.41) is 8.65. The molecule has 0 saturated carbocycles.